The van der Waals surface area contributed by atoms with Crippen LogP contribution in [-0.4, -0.2) is 66.1 Å². The molecule has 1 aromatic heterocycles. The summed E-state index contributed by atoms with van der Waals surface area (Å²) in [6.07, 6.45) is 1.63. The molecule has 0 radical (unpaired) electrons. The SMILES string of the molecule is COc1ccc2c(C[C@H](OC)C(=O)N[C@@H](CCC(=O)C=[N+]=N)C(=O)OC(C)C)c[nH]c2c1. The first-order valence-corrected chi connectivity index (χ1v) is 10.2. The minimum absolute atomic E-state index is 0.0193. The Hall–Kier alpha value is -3.49. The van der Waals surface area contributed by atoms with Crippen LogP contribution < -0.4 is 10.1 Å². The van der Waals surface area contributed by atoms with Crippen LogP contribution in [0.5, 0.6) is 5.75 Å². The van der Waals surface area contributed by atoms with Gasteiger partial charge in [-0.1, -0.05) is 0 Å². The molecular weight excluding hydrogens is 416 g/mol. The van der Waals surface area contributed by atoms with Crippen LogP contribution in [0.2, 0.25) is 0 Å². The molecule has 10 nitrogen and oxygen atoms in total. The number of nitrogens with zero attached hydrogens (tertiary/aromatic N) is 1. The molecule has 3 N–H and O–H groups in total. The van der Waals surface area contributed by atoms with Gasteiger partial charge in [0, 0.05) is 43.1 Å². The van der Waals surface area contributed by atoms with Gasteiger partial charge in [-0.05, 0) is 38.0 Å². The summed E-state index contributed by atoms with van der Waals surface area (Å²) in [5, 5.41) is 3.56. The van der Waals surface area contributed by atoms with Crippen molar-refractivity contribution in [2.45, 2.75) is 51.4 Å². The molecule has 0 aliphatic heterocycles. The zero-order valence-electron chi connectivity index (χ0n) is 18.6. The highest BCUT2D eigenvalue weighted by Gasteiger charge is 2.28. The van der Waals surface area contributed by atoms with Gasteiger partial charge in [-0.15, -0.1) is 0 Å². The second kappa shape index (κ2) is 11.8. The summed E-state index contributed by atoms with van der Waals surface area (Å²) < 4.78 is 15.8. The lowest BCUT2D eigenvalue weighted by atomic mass is 10.0. The van der Waals surface area contributed by atoms with Crippen molar-refractivity contribution < 1.29 is 33.4 Å². The van der Waals surface area contributed by atoms with Gasteiger partial charge < -0.3 is 24.5 Å². The van der Waals surface area contributed by atoms with Crippen LogP contribution in [0.4, 0.5) is 0 Å². The molecule has 1 aromatic carbocycles. The molecule has 0 aliphatic rings. The third kappa shape index (κ3) is 6.76. The van der Waals surface area contributed by atoms with Crippen LogP contribution in [0.15, 0.2) is 24.4 Å². The van der Waals surface area contributed by atoms with E-state index in [0.717, 1.165) is 22.7 Å². The molecule has 2 rings (SSSR count). The number of amides is 1. The van der Waals surface area contributed by atoms with Crippen LogP contribution in [-0.2, 0) is 30.3 Å². The number of aromatic nitrogens is 1. The zero-order valence-corrected chi connectivity index (χ0v) is 18.6. The fraction of sp³-hybridized carbons (Fsp3) is 0.455. The quantitative estimate of drug-likeness (QED) is 0.197. The molecule has 0 saturated carbocycles. The number of fused-ring (bicyclic) bond motifs is 1. The topological polar surface area (TPSA) is 145 Å². The van der Waals surface area contributed by atoms with Crippen molar-refractivity contribution in [1.82, 2.24) is 10.3 Å². The van der Waals surface area contributed by atoms with Crippen LogP contribution in [0, 0.1) is 5.53 Å². The van der Waals surface area contributed by atoms with Gasteiger partial charge >= 0.3 is 12.2 Å². The number of ether oxygens (including phenoxy) is 3. The molecule has 2 atom stereocenters. The molecule has 0 saturated heterocycles. The maximum absolute atomic E-state index is 12.9. The average Bonchev–Trinajstić information content (AvgIpc) is 3.16. The monoisotopic (exact) mass is 445 g/mol. The van der Waals surface area contributed by atoms with E-state index >= 15 is 0 Å². The normalized spacial score (nSPS) is 12.7. The highest BCUT2D eigenvalue weighted by Crippen LogP contribution is 2.24. The lowest BCUT2D eigenvalue weighted by molar-refractivity contribution is -0.152. The fourth-order valence-electron chi connectivity index (χ4n) is 3.20. The van der Waals surface area contributed by atoms with Crippen LogP contribution in [0.3, 0.4) is 0 Å². The molecule has 32 heavy (non-hydrogen) atoms. The first-order chi connectivity index (χ1) is 15.3. The van der Waals surface area contributed by atoms with Crippen molar-refractivity contribution in [3.8, 4) is 5.75 Å². The maximum Gasteiger partial charge on any atom is 0.372 e. The number of hydrogen-bond donors (Lipinski definition) is 3. The minimum Gasteiger partial charge on any atom is -0.497 e. The third-order valence-corrected chi connectivity index (χ3v) is 4.80. The van der Waals surface area contributed by atoms with Gasteiger partial charge in [0.1, 0.15) is 17.9 Å². The Labute approximate surface area is 185 Å². The Morgan fingerprint density at radius 2 is 2.00 bits per heavy atom. The first-order valence-electron chi connectivity index (χ1n) is 10.2. The van der Waals surface area contributed by atoms with Gasteiger partial charge in [0.2, 0.25) is 11.7 Å². The van der Waals surface area contributed by atoms with E-state index in [1.54, 1.807) is 27.2 Å². The van der Waals surface area contributed by atoms with Gasteiger partial charge in [-0.2, -0.15) is 0 Å². The summed E-state index contributed by atoms with van der Waals surface area (Å²) >= 11 is 0. The largest absolute Gasteiger partial charge is 0.497 e. The molecule has 0 bridgehead atoms. The van der Waals surface area contributed by atoms with E-state index in [0.29, 0.717) is 5.75 Å². The summed E-state index contributed by atoms with van der Waals surface area (Å²) in [4.78, 5) is 43.1. The second-order valence-corrected chi connectivity index (χ2v) is 7.46. The van der Waals surface area contributed by atoms with Gasteiger partial charge in [-0.3, -0.25) is 9.59 Å². The zero-order chi connectivity index (χ0) is 23.7. The number of carbonyl (C=O) groups excluding carboxylic acids is 3. The Morgan fingerprint density at radius 3 is 2.62 bits per heavy atom. The Bertz CT molecular complexity index is 1010. The highest BCUT2D eigenvalue weighted by molar-refractivity contribution is 6.25. The van der Waals surface area contributed by atoms with Crippen LogP contribution >= 0.6 is 0 Å². The van der Waals surface area contributed by atoms with Crippen molar-refractivity contribution in [1.29, 1.82) is 5.53 Å². The van der Waals surface area contributed by atoms with E-state index in [1.807, 2.05) is 18.2 Å². The molecule has 1 heterocycles. The van der Waals surface area contributed by atoms with Crippen molar-refractivity contribution >= 4 is 34.8 Å². The van der Waals surface area contributed by atoms with E-state index < -0.39 is 29.8 Å². The van der Waals surface area contributed by atoms with Crippen molar-refractivity contribution in [2.75, 3.05) is 14.2 Å². The van der Waals surface area contributed by atoms with Gasteiger partial charge in [-0.25, -0.2) is 4.79 Å². The Kier molecular flexibility index (Phi) is 9.12. The van der Waals surface area contributed by atoms with Gasteiger partial charge in [0.05, 0.1) is 23.5 Å². The Morgan fingerprint density at radius 1 is 1.25 bits per heavy atom. The summed E-state index contributed by atoms with van der Waals surface area (Å²) in [5.41, 5.74) is 8.46. The predicted molar refractivity (Wildman–Crippen MR) is 116 cm³/mol. The van der Waals surface area contributed by atoms with Crippen LogP contribution in [0.25, 0.3) is 10.9 Å². The van der Waals surface area contributed by atoms with Crippen LogP contribution in [0.1, 0.15) is 32.3 Å². The van der Waals surface area contributed by atoms with Gasteiger partial charge in [0.15, 0.2) is 0 Å². The summed E-state index contributed by atoms with van der Waals surface area (Å²) in [5.74, 6) is -0.849. The fourth-order valence-corrected chi connectivity index (χ4v) is 3.20. The minimum atomic E-state index is -1.03. The summed E-state index contributed by atoms with van der Waals surface area (Å²) in [6, 6.07) is 4.55. The standard InChI is InChI=1S/C22H28N4O6/c1-13(2)32-22(29)18(8-5-15(27)12-25-23)26-21(28)20(31-4)9-14-11-24-19-10-16(30-3)6-7-17(14)19/h6-7,10-13,18,20,23-24H,5,8-9H2,1-4H3/p+1/t18-,20-/m0/s1. The second-order valence-electron chi connectivity index (χ2n) is 7.46. The van der Waals surface area contributed by atoms with E-state index in [1.165, 1.54) is 7.11 Å². The molecule has 10 heteroatoms. The Balaban J connectivity index is 2.13. The molecule has 172 valence electrons. The number of Topliss-reactive ketones (excluding diaryl/α,β-unsaturated/α-hetero) is 1. The number of H-pyrrole nitrogens is 1. The first kappa shape index (κ1) is 24.8. The lowest BCUT2D eigenvalue weighted by Crippen LogP contribution is -2.48. The van der Waals surface area contributed by atoms with Crippen molar-refractivity contribution in [3.63, 3.8) is 0 Å². The average molecular weight is 445 g/mol. The number of esters is 1. The number of nitrogens with one attached hydrogen (secondary N) is 3. The van der Waals surface area contributed by atoms with Crippen molar-refractivity contribution in [3.05, 3.63) is 30.0 Å². The lowest BCUT2D eigenvalue weighted by Gasteiger charge is -2.21. The predicted octanol–water partition coefficient (Wildman–Crippen LogP) is 1.83. The number of rotatable bonds is 12. The van der Waals surface area contributed by atoms with Gasteiger partial charge in [0.25, 0.3) is 0 Å². The van der Waals surface area contributed by atoms with E-state index in [4.69, 9.17) is 19.7 Å². The van der Waals surface area contributed by atoms with E-state index in [9.17, 15) is 14.4 Å². The molecule has 0 aliphatic carbocycles. The molecule has 0 unspecified atom stereocenters. The number of ketones is 1. The number of methoxy groups -OCH3 is 2. The third-order valence-electron chi connectivity index (χ3n) is 4.80. The number of benzene rings is 1. The molecule has 0 fully saturated rings. The van der Waals surface area contributed by atoms with E-state index in [2.05, 4.69) is 15.1 Å². The smallest absolute Gasteiger partial charge is 0.372 e. The molecule has 0 spiro atoms. The molecular formula is C22H29N4O6+. The molecule has 1 amide bonds. The summed E-state index contributed by atoms with van der Waals surface area (Å²) in [7, 11) is 3.00. The summed E-state index contributed by atoms with van der Waals surface area (Å²) in [6.45, 7) is 3.39. The highest BCUT2D eigenvalue weighted by atomic mass is 16.5. The number of hydrogen-bond acceptors (Lipinski definition) is 7. The number of aromatic amines is 1. The van der Waals surface area contributed by atoms with Crippen molar-refractivity contribution in [2.24, 2.45) is 0 Å². The van der Waals surface area contributed by atoms with E-state index in [-0.39, 0.29) is 25.4 Å². The molecule has 2 aromatic rings. The number of carbonyl (C=O) groups is 3. The maximum atomic E-state index is 12.9.